The van der Waals surface area contributed by atoms with Crippen LogP contribution in [0.3, 0.4) is 0 Å². The van der Waals surface area contributed by atoms with Crippen LogP contribution in [0.4, 0.5) is 0 Å². The number of hydrogen-bond donors (Lipinski definition) is 1. The van der Waals surface area contributed by atoms with Crippen molar-refractivity contribution in [1.82, 2.24) is 0 Å². The molecule has 88 valence electrons. The standard InChI is InChI=1S/C11H6Br2O3S/c12-6-1-2-8(7(13)5-6)16-10-4-3-9(17-10)11(14)15/h1-5H,(H,14,15). The van der Waals surface area contributed by atoms with Crippen molar-refractivity contribution in [3.63, 3.8) is 0 Å². The lowest BCUT2D eigenvalue weighted by Crippen LogP contribution is -1.89. The molecule has 0 fully saturated rings. The van der Waals surface area contributed by atoms with Gasteiger partial charge in [0.05, 0.1) is 4.47 Å². The van der Waals surface area contributed by atoms with Crippen molar-refractivity contribution in [3.8, 4) is 10.8 Å². The maximum Gasteiger partial charge on any atom is 0.345 e. The third-order valence-corrected chi connectivity index (χ3v) is 3.96. The van der Waals surface area contributed by atoms with Gasteiger partial charge in [0.2, 0.25) is 0 Å². The highest BCUT2D eigenvalue weighted by molar-refractivity contribution is 9.11. The predicted molar refractivity (Wildman–Crippen MR) is 73.2 cm³/mol. The van der Waals surface area contributed by atoms with E-state index in [-0.39, 0.29) is 4.88 Å². The minimum absolute atomic E-state index is 0.258. The molecule has 0 aliphatic rings. The zero-order valence-corrected chi connectivity index (χ0v) is 12.3. The van der Waals surface area contributed by atoms with Crippen LogP contribution in [0.15, 0.2) is 39.3 Å². The molecule has 0 aliphatic carbocycles. The molecule has 3 nitrogen and oxygen atoms in total. The summed E-state index contributed by atoms with van der Waals surface area (Å²) in [5, 5.41) is 9.34. The van der Waals surface area contributed by atoms with E-state index in [9.17, 15) is 4.79 Å². The highest BCUT2D eigenvalue weighted by atomic mass is 79.9. The fraction of sp³-hybridized carbons (Fsp3) is 0. The van der Waals surface area contributed by atoms with E-state index in [1.165, 1.54) is 6.07 Å². The van der Waals surface area contributed by atoms with E-state index in [1.807, 2.05) is 12.1 Å². The second-order valence-electron chi connectivity index (χ2n) is 3.10. The van der Waals surface area contributed by atoms with Crippen molar-refractivity contribution >= 4 is 49.2 Å². The first-order chi connectivity index (χ1) is 8.06. The molecule has 1 N–H and O–H groups in total. The Morgan fingerprint density at radius 3 is 2.59 bits per heavy atom. The summed E-state index contributed by atoms with van der Waals surface area (Å²) in [7, 11) is 0. The lowest BCUT2D eigenvalue weighted by Gasteiger charge is -2.05. The molecule has 2 rings (SSSR count). The van der Waals surface area contributed by atoms with E-state index < -0.39 is 5.97 Å². The number of rotatable bonds is 3. The summed E-state index contributed by atoms with van der Waals surface area (Å²) in [5.41, 5.74) is 0. The van der Waals surface area contributed by atoms with E-state index in [4.69, 9.17) is 9.84 Å². The van der Waals surface area contributed by atoms with Gasteiger partial charge < -0.3 is 9.84 Å². The summed E-state index contributed by atoms with van der Waals surface area (Å²) in [6, 6.07) is 8.68. The Hall–Kier alpha value is -0.850. The normalized spacial score (nSPS) is 10.2. The molecule has 0 spiro atoms. The molecule has 1 heterocycles. The number of benzene rings is 1. The van der Waals surface area contributed by atoms with Crippen LogP contribution < -0.4 is 4.74 Å². The quantitative estimate of drug-likeness (QED) is 0.838. The molecule has 0 atom stereocenters. The van der Waals surface area contributed by atoms with Crippen LogP contribution in [-0.4, -0.2) is 11.1 Å². The van der Waals surface area contributed by atoms with Crippen LogP contribution in [0, 0.1) is 0 Å². The van der Waals surface area contributed by atoms with Gasteiger partial charge in [-0.25, -0.2) is 4.79 Å². The number of carbonyl (C=O) groups is 1. The first-order valence-electron chi connectivity index (χ1n) is 4.52. The fourth-order valence-electron chi connectivity index (χ4n) is 1.16. The average molecular weight is 378 g/mol. The largest absolute Gasteiger partial charge is 0.477 e. The summed E-state index contributed by atoms with van der Waals surface area (Å²) >= 11 is 7.81. The van der Waals surface area contributed by atoms with Gasteiger partial charge in [-0.2, -0.15) is 0 Å². The Bertz CT molecular complexity index is 566. The minimum Gasteiger partial charge on any atom is -0.477 e. The van der Waals surface area contributed by atoms with Crippen molar-refractivity contribution in [3.05, 3.63) is 44.2 Å². The van der Waals surface area contributed by atoms with E-state index in [1.54, 1.807) is 12.1 Å². The third-order valence-electron chi connectivity index (χ3n) is 1.90. The molecule has 2 aromatic rings. The van der Waals surface area contributed by atoms with Crippen LogP contribution >= 0.6 is 43.2 Å². The summed E-state index contributed by atoms with van der Waals surface area (Å²) in [6.45, 7) is 0. The molecule has 1 aromatic carbocycles. The Morgan fingerprint density at radius 2 is 2.00 bits per heavy atom. The lowest BCUT2D eigenvalue weighted by molar-refractivity contribution is 0.0702. The van der Waals surface area contributed by atoms with Gasteiger partial charge in [0.1, 0.15) is 10.6 Å². The van der Waals surface area contributed by atoms with Crippen molar-refractivity contribution in [2.45, 2.75) is 0 Å². The molecule has 0 unspecified atom stereocenters. The smallest absolute Gasteiger partial charge is 0.345 e. The second-order valence-corrected chi connectivity index (χ2v) is 5.92. The monoisotopic (exact) mass is 376 g/mol. The van der Waals surface area contributed by atoms with Crippen molar-refractivity contribution in [1.29, 1.82) is 0 Å². The zero-order valence-electron chi connectivity index (χ0n) is 8.31. The third kappa shape index (κ3) is 3.08. The van der Waals surface area contributed by atoms with Crippen molar-refractivity contribution in [2.24, 2.45) is 0 Å². The molecule has 0 amide bonds. The van der Waals surface area contributed by atoms with E-state index >= 15 is 0 Å². The van der Waals surface area contributed by atoms with Gasteiger partial charge in [0, 0.05) is 4.47 Å². The van der Waals surface area contributed by atoms with Gasteiger partial charge in [-0.3, -0.25) is 0 Å². The highest BCUT2D eigenvalue weighted by Crippen LogP contribution is 2.35. The van der Waals surface area contributed by atoms with Gasteiger partial charge in [-0.15, -0.1) is 0 Å². The Labute approximate surface area is 118 Å². The van der Waals surface area contributed by atoms with E-state index in [0.717, 1.165) is 20.3 Å². The number of carboxylic acids is 1. The van der Waals surface area contributed by atoms with Crippen LogP contribution in [0.1, 0.15) is 9.67 Å². The van der Waals surface area contributed by atoms with Gasteiger partial charge in [0.25, 0.3) is 0 Å². The number of halogens is 2. The van der Waals surface area contributed by atoms with Crippen LogP contribution in [0.25, 0.3) is 0 Å². The number of ether oxygens (including phenoxy) is 1. The van der Waals surface area contributed by atoms with Crippen LogP contribution in [-0.2, 0) is 0 Å². The first kappa shape index (κ1) is 12.6. The SMILES string of the molecule is O=C(O)c1ccc(Oc2ccc(Br)cc2Br)s1. The minimum atomic E-state index is -0.945. The molecule has 0 saturated heterocycles. The molecule has 17 heavy (non-hydrogen) atoms. The molecule has 0 saturated carbocycles. The number of carboxylic acid groups (broad SMARTS) is 1. The molecule has 0 bridgehead atoms. The maximum absolute atomic E-state index is 10.7. The lowest BCUT2D eigenvalue weighted by atomic mass is 10.3. The van der Waals surface area contributed by atoms with Crippen molar-refractivity contribution in [2.75, 3.05) is 0 Å². The number of hydrogen-bond acceptors (Lipinski definition) is 3. The zero-order chi connectivity index (χ0) is 12.4. The fourth-order valence-corrected chi connectivity index (χ4v) is 2.99. The topological polar surface area (TPSA) is 46.5 Å². The Kier molecular flexibility index (Phi) is 3.86. The average Bonchev–Trinajstić information content (AvgIpc) is 2.71. The predicted octanol–water partition coefficient (Wildman–Crippen LogP) is 4.76. The van der Waals surface area contributed by atoms with Crippen molar-refractivity contribution < 1.29 is 14.6 Å². The summed E-state index contributed by atoms with van der Waals surface area (Å²) in [5.74, 6) is -0.299. The summed E-state index contributed by atoms with van der Waals surface area (Å²) in [4.78, 5) is 11.0. The molecule has 1 aromatic heterocycles. The number of aromatic carboxylic acids is 1. The van der Waals surface area contributed by atoms with Gasteiger partial charge in [-0.1, -0.05) is 27.3 Å². The molecule has 0 aliphatic heterocycles. The Morgan fingerprint density at radius 1 is 1.24 bits per heavy atom. The highest BCUT2D eigenvalue weighted by Gasteiger charge is 2.09. The first-order valence-corrected chi connectivity index (χ1v) is 6.92. The molecule has 0 radical (unpaired) electrons. The molecular formula is C11H6Br2O3S. The van der Waals surface area contributed by atoms with E-state index in [2.05, 4.69) is 31.9 Å². The van der Waals surface area contributed by atoms with Crippen LogP contribution in [0.2, 0.25) is 0 Å². The van der Waals surface area contributed by atoms with Crippen LogP contribution in [0.5, 0.6) is 10.8 Å². The maximum atomic E-state index is 10.7. The van der Waals surface area contributed by atoms with Gasteiger partial charge in [0.15, 0.2) is 5.06 Å². The molecular weight excluding hydrogens is 372 g/mol. The Balaban J connectivity index is 2.22. The number of thiophene rings is 1. The summed E-state index contributed by atoms with van der Waals surface area (Å²) in [6.07, 6.45) is 0. The van der Waals surface area contributed by atoms with Gasteiger partial charge in [-0.05, 0) is 46.3 Å². The second kappa shape index (κ2) is 5.20. The summed E-state index contributed by atoms with van der Waals surface area (Å²) < 4.78 is 7.32. The van der Waals surface area contributed by atoms with Gasteiger partial charge >= 0.3 is 5.97 Å². The van der Waals surface area contributed by atoms with E-state index in [0.29, 0.717) is 10.8 Å². The molecule has 6 heteroatoms.